The average molecular weight is 442 g/mol. The van der Waals surface area contributed by atoms with Crippen molar-refractivity contribution in [3.8, 4) is 10.7 Å². The Balaban J connectivity index is 2.15. The largest absolute Gasteiger partial charge is 0.231 e. The maximum absolute atomic E-state index is 6.19. The van der Waals surface area contributed by atoms with Crippen molar-refractivity contribution >= 4 is 61.5 Å². The molecule has 0 aromatic carbocycles. The van der Waals surface area contributed by atoms with E-state index in [1.165, 1.54) is 12.8 Å². The van der Waals surface area contributed by atoms with E-state index >= 15 is 0 Å². The zero-order valence-electron chi connectivity index (χ0n) is 8.58. The predicted octanol–water partition coefficient (Wildman–Crippen LogP) is 5.10. The summed E-state index contributed by atoms with van der Waals surface area (Å²) in [5.41, 5.74) is 1.11. The van der Waals surface area contributed by atoms with Crippen LogP contribution >= 0.6 is 61.5 Å². The zero-order chi connectivity index (χ0) is 12.0. The third-order valence-corrected chi connectivity index (χ3v) is 6.11. The molecule has 2 heterocycles. The van der Waals surface area contributed by atoms with Crippen molar-refractivity contribution in [1.29, 1.82) is 0 Å². The molecule has 0 spiro atoms. The van der Waals surface area contributed by atoms with Gasteiger partial charge in [0.15, 0.2) is 5.82 Å². The molecule has 0 bridgehead atoms. The second kappa shape index (κ2) is 4.75. The maximum Gasteiger partial charge on any atom is 0.172 e. The molecule has 1 fully saturated rings. The molecule has 0 saturated heterocycles. The van der Waals surface area contributed by atoms with E-state index in [1.807, 2.05) is 11.4 Å². The molecule has 88 valence electrons. The minimum atomic E-state index is 0.567. The standard InChI is InChI=1S/C11H7BrClIN2S/c12-6-3-4-17-9(6)11-15-8(5-1-2-5)7(14)10(13)16-11/h3-5H,1-2H2. The molecule has 2 aromatic rings. The summed E-state index contributed by atoms with van der Waals surface area (Å²) in [7, 11) is 0. The minimum absolute atomic E-state index is 0.567. The van der Waals surface area contributed by atoms with Gasteiger partial charge < -0.3 is 0 Å². The molecule has 3 rings (SSSR count). The van der Waals surface area contributed by atoms with Gasteiger partial charge in [0.05, 0.1) is 14.1 Å². The highest BCUT2D eigenvalue weighted by molar-refractivity contribution is 14.1. The molecule has 2 aromatic heterocycles. The molecule has 2 nitrogen and oxygen atoms in total. The molecule has 1 aliphatic rings. The lowest BCUT2D eigenvalue weighted by Crippen LogP contribution is -1.98. The van der Waals surface area contributed by atoms with Gasteiger partial charge >= 0.3 is 0 Å². The topological polar surface area (TPSA) is 25.8 Å². The fourth-order valence-corrected chi connectivity index (χ4v) is 3.96. The van der Waals surface area contributed by atoms with Crippen molar-refractivity contribution in [2.24, 2.45) is 0 Å². The number of hydrogen-bond acceptors (Lipinski definition) is 3. The molecule has 1 aliphatic carbocycles. The first-order valence-corrected chi connectivity index (χ1v) is 8.26. The normalized spacial score (nSPS) is 15.2. The van der Waals surface area contributed by atoms with Gasteiger partial charge in [-0.25, -0.2) is 9.97 Å². The smallest absolute Gasteiger partial charge is 0.172 e. The molecule has 0 atom stereocenters. The van der Waals surface area contributed by atoms with Crippen molar-refractivity contribution in [3.63, 3.8) is 0 Å². The summed E-state index contributed by atoms with van der Waals surface area (Å²) >= 11 is 13.6. The third-order valence-electron chi connectivity index (χ3n) is 2.62. The maximum atomic E-state index is 6.19. The molecule has 0 N–H and O–H groups in total. The van der Waals surface area contributed by atoms with Crippen LogP contribution in [0.25, 0.3) is 10.7 Å². The van der Waals surface area contributed by atoms with Crippen LogP contribution in [0.2, 0.25) is 5.15 Å². The van der Waals surface area contributed by atoms with E-state index in [1.54, 1.807) is 11.3 Å². The number of aromatic nitrogens is 2. The van der Waals surface area contributed by atoms with Crippen LogP contribution in [0.3, 0.4) is 0 Å². The zero-order valence-corrected chi connectivity index (χ0v) is 13.9. The van der Waals surface area contributed by atoms with Crippen LogP contribution in [0.1, 0.15) is 24.5 Å². The van der Waals surface area contributed by atoms with E-state index in [9.17, 15) is 0 Å². The second-order valence-corrected chi connectivity index (χ2v) is 7.12. The van der Waals surface area contributed by atoms with Gasteiger partial charge in [0.25, 0.3) is 0 Å². The number of hydrogen-bond donors (Lipinski definition) is 0. The van der Waals surface area contributed by atoms with Crippen LogP contribution in [0, 0.1) is 3.57 Å². The predicted molar refractivity (Wildman–Crippen MR) is 82.7 cm³/mol. The third kappa shape index (κ3) is 2.39. The van der Waals surface area contributed by atoms with E-state index < -0.39 is 0 Å². The van der Waals surface area contributed by atoms with E-state index in [0.29, 0.717) is 11.1 Å². The summed E-state index contributed by atoms with van der Waals surface area (Å²) in [6.07, 6.45) is 2.43. The highest BCUT2D eigenvalue weighted by atomic mass is 127. The summed E-state index contributed by atoms with van der Waals surface area (Å²) in [6, 6.07) is 2.01. The van der Waals surface area contributed by atoms with Crippen LogP contribution in [0.4, 0.5) is 0 Å². The molecule has 0 amide bonds. The van der Waals surface area contributed by atoms with Gasteiger partial charge in [-0.2, -0.15) is 0 Å². The van der Waals surface area contributed by atoms with Gasteiger partial charge in [0.2, 0.25) is 0 Å². The van der Waals surface area contributed by atoms with Crippen LogP contribution in [-0.2, 0) is 0 Å². The van der Waals surface area contributed by atoms with E-state index in [4.69, 9.17) is 11.6 Å². The summed E-state index contributed by atoms with van der Waals surface area (Å²) in [6.45, 7) is 0. The molecule has 6 heteroatoms. The fourth-order valence-electron chi connectivity index (χ4n) is 1.62. The quantitative estimate of drug-likeness (QED) is 0.479. The van der Waals surface area contributed by atoms with Crippen molar-refractivity contribution in [1.82, 2.24) is 9.97 Å². The van der Waals surface area contributed by atoms with Gasteiger partial charge in [-0.15, -0.1) is 11.3 Å². The van der Waals surface area contributed by atoms with Crippen molar-refractivity contribution in [3.05, 3.63) is 30.3 Å². The van der Waals surface area contributed by atoms with Crippen LogP contribution in [-0.4, -0.2) is 9.97 Å². The van der Waals surface area contributed by atoms with Crippen molar-refractivity contribution < 1.29 is 0 Å². The lowest BCUT2D eigenvalue weighted by atomic mass is 10.3. The summed E-state index contributed by atoms with van der Waals surface area (Å²) in [5.74, 6) is 1.32. The fraction of sp³-hybridized carbons (Fsp3) is 0.273. The number of halogens is 3. The Morgan fingerprint density at radius 2 is 2.18 bits per heavy atom. The molecular formula is C11H7BrClIN2S. The molecule has 1 saturated carbocycles. The molecule has 0 aliphatic heterocycles. The number of rotatable bonds is 2. The lowest BCUT2D eigenvalue weighted by molar-refractivity contribution is 0.980. The molecule has 0 unspecified atom stereocenters. The van der Waals surface area contributed by atoms with Gasteiger partial charge in [0, 0.05) is 10.4 Å². The number of thiophene rings is 1. The van der Waals surface area contributed by atoms with E-state index in [-0.39, 0.29) is 0 Å². The van der Waals surface area contributed by atoms with E-state index in [0.717, 1.165) is 24.4 Å². The Morgan fingerprint density at radius 1 is 1.41 bits per heavy atom. The van der Waals surface area contributed by atoms with Crippen molar-refractivity contribution in [2.75, 3.05) is 0 Å². The first-order chi connectivity index (χ1) is 8.16. The van der Waals surface area contributed by atoms with Crippen molar-refractivity contribution in [2.45, 2.75) is 18.8 Å². The highest BCUT2D eigenvalue weighted by Gasteiger charge is 2.29. The average Bonchev–Trinajstić information content (AvgIpc) is 3.05. The van der Waals surface area contributed by atoms with Crippen LogP contribution in [0.15, 0.2) is 15.9 Å². The SMILES string of the molecule is Clc1nc(-c2sccc2Br)nc(C2CC2)c1I. The van der Waals surface area contributed by atoms with Gasteiger partial charge in [0.1, 0.15) is 5.15 Å². The second-order valence-electron chi connectivity index (χ2n) is 3.91. The van der Waals surface area contributed by atoms with Gasteiger partial charge in [-0.1, -0.05) is 11.6 Å². The van der Waals surface area contributed by atoms with Crippen LogP contribution < -0.4 is 0 Å². The Labute approximate surface area is 130 Å². The molecular weight excluding hydrogens is 434 g/mol. The Morgan fingerprint density at radius 3 is 2.76 bits per heavy atom. The molecule has 17 heavy (non-hydrogen) atoms. The number of nitrogens with zero attached hydrogens (tertiary/aromatic N) is 2. The molecule has 0 radical (unpaired) electrons. The minimum Gasteiger partial charge on any atom is -0.231 e. The first-order valence-electron chi connectivity index (χ1n) is 5.13. The Bertz CT molecular complexity index is 583. The lowest BCUT2D eigenvalue weighted by Gasteiger charge is -2.06. The summed E-state index contributed by atoms with van der Waals surface area (Å²) < 4.78 is 2.03. The summed E-state index contributed by atoms with van der Waals surface area (Å²) in [4.78, 5) is 10.1. The van der Waals surface area contributed by atoms with Gasteiger partial charge in [-0.3, -0.25) is 0 Å². The Hall–Kier alpha value is 0.280. The summed E-state index contributed by atoms with van der Waals surface area (Å²) in [5, 5.41) is 2.59. The highest BCUT2D eigenvalue weighted by Crippen LogP contribution is 2.43. The van der Waals surface area contributed by atoms with Crippen LogP contribution in [0.5, 0.6) is 0 Å². The Kier molecular flexibility index (Phi) is 3.44. The first kappa shape index (κ1) is 12.3. The van der Waals surface area contributed by atoms with E-state index in [2.05, 4.69) is 48.5 Å². The van der Waals surface area contributed by atoms with Gasteiger partial charge in [-0.05, 0) is 62.8 Å². The monoisotopic (exact) mass is 440 g/mol.